The summed E-state index contributed by atoms with van der Waals surface area (Å²) in [4.78, 5) is 0. The molecule has 1 nitrogen and oxygen atoms in total. The first-order valence-electron chi connectivity index (χ1n) is 10.9. The molecular weight excluding hydrogens is 492 g/mol. The zero-order valence-corrected chi connectivity index (χ0v) is 19.8. The lowest BCUT2D eigenvalue weighted by Gasteiger charge is -2.19. The fourth-order valence-corrected chi connectivity index (χ4v) is 4.38. The van der Waals surface area contributed by atoms with E-state index in [2.05, 4.69) is 15.9 Å². The third-order valence-electron chi connectivity index (χ3n) is 5.78. The number of hydrogen-bond acceptors (Lipinski definition) is 0. The summed E-state index contributed by atoms with van der Waals surface area (Å²) in [5.74, 6) is 0. The maximum atomic E-state index is 16.4. The van der Waals surface area contributed by atoms with Gasteiger partial charge in [-0.1, -0.05) is 82.7 Å². The number of hydrogen-bond donors (Lipinski definition) is 0. The Labute approximate surface area is 206 Å². The lowest BCUT2D eigenvalue weighted by molar-refractivity contribution is -0.793. The van der Waals surface area contributed by atoms with Gasteiger partial charge in [-0.25, -0.2) is 0 Å². The minimum absolute atomic E-state index is 0.0810. The Morgan fingerprint density at radius 2 is 0.912 bits per heavy atom. The van der Waals surface area contributed by atoms with Crippen LogP contribution in [0.4, 0.5) is 8.78 Å². The van der Waals surface area contributed by atoms with Gasteiger partial charge in [0.25, 0.3) is 0 Å². The molecule has 0 unspecified atom stereocenters. The normalized spacial score (nSPS) is 11.4. The van der Waals surface area contributed by atoms with E-state index in [9.17, 15) is 0 Å². The van der Waals surface area contributed by atoms with Gasteiger partial charge >= 0.3 is 6.05 Å². The van der Waals surface area contributed by atoms with Crippen molar-refractivity contribution in [2.75, 3.05) is 0 Å². The first-order chi connectivity index (χ1) is 16.5. The van der Waals surface area contributed by atoms with E-state index in [4.69, 9.17) is 0 Å². The molecular formula is C30H21BrF2N+. The van der Waals surface area contributed by atoms with E-state index in [1.165, 1.54) is 12.1 Å². The summed E-state index contributed by atoms with van der Waals surface area (Å²) < 4.78 is 34.7. The molecule has 4 aromatic carbocycles. The van der Waals surface area contributed by atoms with Gasteiger partial charge in [-0.2, -0.15) is 0 Å². The van der Waals surface area contributed by atoms with Crippen LogP contribution in [0.25, 0.3) is 33.6 Å². The van der Waals surface area contributed by atoms with Gasteiger partial charge in [0, 0.05) is 27.7 Å². The summed E-state index contributed by atoms with van der Waals surface area (Å²) >= 11 is 3.35. The highest BCUT2D eigenvalue weighted by Crippen LogP contribution is 2.35. The van der Waals surface area contributed by atoms with Crippen LogP contribution in [-0.2, 0) is 6.05 Å². The van der Waals surface area contributed by atoms with Crippen molar-refractivity contribution in [3.63, 3.8) is 0 Å². The van der Waals surface area contributed by atoms with Crippen molar-refractivity contribution in [2.45, 2.75) is 6.05 Å². The molecule has 0 N–H and O–H groups in total. The van der Waals surface area contributed by atoms with Crippen LogP contribution in [0.15, 0.2) is 132 Å². The highest BCUT2D eigenvalue weighted by molar-refractivity contribution is 9.10. The van der Waals surface area contributed by atoms with Gasteiger partial charge in [-0.15, -0.1) is 13.3 Å². The highest BCUT2D eigenvalue weighted by atomic mass is 79.9. The third-order valence-corrected chi connectivity index (χ3v) is 6.31. The summed E-state index contributed by atoms with van der Waals surface area (Å²) in [5, 5.41) is 0. The zero-order valence-electron chi connectivity index (χ0n) is 18.2. The van der Waals surface area contributed by atoms with Crippen LogP contribution in [0.3, 0.4) is 0 Å². The van der Waals surface area contributed by atoms with E-state index in [-0.39, 0.29) is 5.56 Å². The molecule has 1 heterocycles. The first kappa shape index (κ1) is 22.2. The average Bonchev–Trinajstić information content (AvgIpc) is 2.90. The molecule has 0 spiro atoms. The fraction of sp³-hybridized carbons (Fsp3) is 0.0333. The molecule has 0 amide bonds. The molecule has 166 valence electrons. The molecule has 0 saturated heterocycles. The van der Waals surface area contributed by atoms with Crippen LogP contribution in [0.5, 0.6) is 0 Å². The minimum atomic E-state index is -3.30. The van der Waals surface area contributed by atoms with Crippen LogP contribution in [-0.4, -0.2) is 0 Å². The molecule has 4 heteroatoms. The van der Waals surface area contributed by atoms with E-state index in [1.807, 2.05) is 103 Å². The van der Waals surface area contributed by atoms with E-state index in [0.29, 0.717) is 22.5 Å². The van der Waals surface area contributed by atoms with Crippen LogP contribution in [0.1, 0.15) is 5.56 Å². The summed E-state index contributed by atoms with van der Waals surface area (Å²) in [7, 11) is 0. The maximum Gasteiger partial charge on any atom is 0.490 e. The molecule has 0 radical (unpaired) electrons. The molecule has 0 aliphatic heterocycles. The first-order valence-corrected chi connectivity index (χ1v) is 11.7. The highest BCUT2D eigenvalue weighted by Gasteiger charge is 2.48. The van der Waals surface area contributed by atoms with Gasteiger partial charge in [0.05, 0.1) is 5.56 Å². The molecule has 0 saturated carbocycles. The number of pyridine rings is 1. The molecule has 5 rings (SSSR count). The van der Waals surface area contributed by atoms with E-state index in [1.54, 1.807) is 12.1 Å². The van der Waals surface area contributed by atoms with Crippen molar-refractivity contribution in [2.24, 2.45) is 0 Å². The average molecular weight is 513 g/mol. The largest absolute Gasteiger partial charge is 0.490 e. The zero-order chi connectivity index (χ0) is 23.5. The van der Waals surface area contributed by atoms with Crippen molar-refractivity contribution in [1.29, 1.82) is 0 Å². The van der Waals surface area contributed by atoms with Gasteiger partial charge in [-0.3, -0.25) is 0 Å². The fourth-order valence-electron chi connectivity index (χ4n) is 4.12. The van der Waals surface area contributed by atoms with Crippen LogP contribution < -0.4 is 4.57 Å². The molecule has 0 bridgehead atoms. The summed E-state index contributed by atoms with van der Waals surface area (Å²) in [5.41, 5.74) is 4.07. The third kappa shape index (κ3) is 4.29. The standard InChI is InChI=1S/C30H21BrF2N/c31-27-18-16-26(17-19-27)30(32,33)34-28(23-12-6-2-7-13-23)20-25(22-10-4-1-5-11-22)21-29(34)24-14-8-3-9-15-24/h1-21H/q+1. The van der Waals surface area contributed by atoms with E-state index in [0.717, 1.165) is 20.2 Å². The van der Waals surface area contributed by atoms with Gasteiger partial charge in [0.2, 0.25) is 11.4 Å². The summed E-state index contributed by atoms with van der Waals surface area (Å²) in [6, 6.07) is 35.2. The van der Waals surface area contributed by atoms with Gasteiger partial charge < -0.3 is 0 Å². The lowest BCUT2D eigenvalue weighted by Crippen LogP contribution is -2.54. The van der Waals surface area contributed by atoms with Gasteiger partial charge in [0.1, 0.15) is 0 Å². The molecule has 5 aromatic rings. The predicted octanol–water partition coefficient (Wildman–Crippen LogP) is 8.34. The number of rotatable bonds is 5. The number of halogens is 3. The Morgan fingerprint density at radius 3 is 1.35 bits per heavy atom. The maximum absolute atomic E-state index is 16.4. The Morgan fingerprint density at radius 1 is 0.500 bits per heavy atom. The van der Waals surface area contributed by atoms with E-state index >= 15 is 8.78 Å². The van der Waals surface area contributed by atoms with E-state index < -0.39 is 6.05 Å². The van der Waals surface area contributed by atoms with Gasteiger partial charge in [0.15, 0.2) is 0 Å². The van der Waals surface area contributed by atoms with Crippen LogP contribution in [0.2, 0.25) is 0 Å². The SMILES string of the molecule is FC(F)(c1ccc(Br)cc1)[n+]1c(-c2ccccc2)cc(-c2ccccc2)cc1-c1ccccc1. The smallest absolute Gasteiger partial charge is 0.134 e. The number of benzene rings is 4. The lowest BCUT2D eigenvalue weighted by atomic mass is 9.98. The Bertz CT molecular complexity index is 1340. The molecule has 0 fully saturated rings. The van der Waals surface area contributed by atoms with Crippen molar-refractivity contribution in [1.82, 2.24) is 0 Å². The Hall–Kier alpha value is -3.63. The van der Waals surface area contributed by atoms with Crippen molar-refractivity contribution >= 4 is 15.9 Å². The second kappa shape index (κ2) is 9.32. The van der Waals surface area contributed by atoms with Crippen LogP contribution in [0, 0.1) is 0 Å². The number of nitrogens with zero attached hydrogens (tertiary/aromatic N) is 1. The Kier molecular flexibility index (Phi) is 6.08. The van der Waals surface area contributed by atoms with Crippen molar-refractivity contribution < 1.29 is 13.3 Å². The van der Waals surface area contributed by atoms with Crippen molar-refractivity contribution in [3.8, 4) is 33.6 Å². The predicted molar refractivity (Wildman–Crippen MR) is 136 cm³/mol. The minimum Gasteiger partial charge on any atom is -0.134 e. The number of alkyl halides is 2. The Balaban J connectivity index is 1.87. The summed E-state index contributed by atoms with van der Waals surface area (Å²) in [6.07, 6.45) is 0. The summed E-state index contributed by atoms with van der Waals surface area (Å²) in [6.45, 7) is 0. The second-order valence-electron chi connectivity index (χ2n) is 8.00. The van der Waals surface area contributed by atoms with Gasteiger partial charge in [-0.05, 0) is 59.7 Å². The second-order valence-corrected chi connectivity index (χ2v) is 8.91. The van der Waals surface area contributed by atoms with Crippen LogP contribution >= 0.6 is 15.9 Å². The molecule has 0 aliphatic rings. The quantitative estimate of drug-likeness (QED) is 0.208. The molecule has 1 aromatic heterocycles. The molecule has 34 heavy (non-hydrogen) atoms. The topological polar surface area (TPSA) is 3.88 Å². The number of aromatic nitrogens is 1. The molecule has 0 atom stereocenters. The monoisotopic (exact) mass is 512 g/mol. The van der Waals surface area contributed by atoms with Crippen molar-refractivity contribution in [3.05, 3.63) is 137 Å². The molecule has 0 aliphatic carbocycles.